The zero-order valence-electron chi connectivity index (χ0n) is 21.8. The standard InChI is InChI=1S/C32H25N3O5S/c36-30-29(18-21-10-12-24(13-11-21)39-20-25-14-15-28(40-25)31(37)38)41-32(34-23-6-2-1-3-7-23)35(30)17-16-22-19-33-27-9-5-4-8-26(22)27/h1-15,18-19,33H,16-17,20H2,(H,37,38). The SMILES string of the molecule is O=C(O)c1ccc(COc2ccc(C=C3SC(=Nc4ccccc4)N(CCc4c[nH]c5ccccc45)C3=O)cc2)o1. The van der Waals surface area contributed by atoms with Crippen molar-refractivity contribution < 1.29 is 23.8 Å². The number of furan rings is 1. The molecule has 1 aliphatic heterocycles. The topological polar surface area (TPSA) is 108 Å². The zero-order chi connectivity index (χ0) is 28.2. The molecular formula is C32H25N3O5S. The number of rotatable bonds is 9. The summed E-state index contributed by atoms with van der Waals surface area (Å²) in [4.78, 5) is 35.0. The van der Waals surface area contributed by atoms with E-state index in [9.17, 15) is 9.59 Å². The van der Waals surface area contributed by atoms with Gasteiger partial charge in [-0.25, -0.2) is 9.79 Å². The van der Waals surface area contributed by atoms with Crippen molar-refractivity contribution in [1.29, 1.82) is 0 Å². The number of thioether (sulfide) groups is 1. The number of nitrogens with one attached hydrogen (secondary N) is 1. The summed E-state index contributed by atoms with van der Waals surface area (Å²) in [7, 11) is 0. The number of para-hydroxylation sites is 2. The van der Waals surface area contributed by atoms with Crippen LogP contribution in [-0.2, 0) is 17.8 Å². The Morgan fingerprint density at radius 3 is 2.56 bits per heavy atom. The number of H-pyrrole nitrogens is 1. The molecule has 0 aliphatic carbocycles. The molecule has 0 atom stereocenters. The van der Waals surface area contributed by atoms with Crippen LogP contribution in [0.15, 0.2) is 112 Å². The lowest BCUT2D eigenvalue weighted by Crippen LogP contribution is -2.31. The van der Waals surface area contributed by atoms with Crippen LogP contribution in [-0.4, -0.2) is 38.6 Å². The van der Waals surface area contributed by atoms with Gasteiger partial charge in [0.15, 0.2) is 5.17 Å². The molecule has 2 aromatic heterocycles. The van der Waals surface area contributed by atoms with Gasteiger partial charge in [0.1, 0.15) is 18.1 Å². The fraction of sp³-hybridized carbons (Fsp3) is 0.0938. The van der Waals surface area contributed by atoms with Gasteiger partial charge in [-0.15, -0.1) is 0 Å². The van der Waals surface area contributed by atoms with Crippen LogP contribution >= 0.6 is 11.8 Å². The molecule has 3 aromatic carbocycles. The first-order chi connectivity index (χ1) is 20.0. The lowest BCUT2D eigenvalue weighted by molar-refractivity contribution is -0.122. The third-order valence-corrected chi connectivity index (χ3v) is 7.59. The van der Waals surface area contributed by atoms with Crippen LogP contribution in [0, 0.1) is 0 Å². The summed E-state index contributed by atoms with van der Waals surface area (Å²) in [5, 5.41) is 10.8. The fourth-order valence-electron chi connectivity index (χ4n) is 4.51. The Bertz CT molecular complexity index is 1770. The van der Waals surface area contributed by atoms with Crippen molar-refractivity contribution in [3.63, 3.8) is 0 Å². The van der Waals surface area contributed by atoms with Crippen molar-refractivity contribution in [3.8, 4) is 5.75 Å². The number of aromatic carboxylic acids is 1. The van der Waals surface area contributed by atoms with Crippen LogP contribution in [0.25, 0.3) is 17.0 Å². The van der Waals surface area contributed by atoms with E-state index < -0.39 is 5.97 Å². The molecule has 1 aliphatic rings. The Hall–Kier alpha value is -5.02. The van der Waals surface area contributed by atoms with Gasteiger partial charge >= 0.3 is 5.97 Å². The molecule has 2 N–H and O–H groups in total. The minimum absolute atomic E-state index is 0.0862. The van der Waals surface area contributed by atoms with Gasteiger partial charge in [0.05, 0.1) is 10.6 Å². The molecule has 204 valence electrons. The zero-order valence-corrected chi connectivity index (χ0v) is 22.6. The summed E-state index contributed by atoms with van der Waals surface area (Å²) < 4.78 is 10.9. The lowest BCUT2D eigenvalue weighted by Gasteiger charge is -2.15. The lowest BCUT2D eigenvalue weighted by atomic mass is 10.1. The van der Waals surface area contributed by atoms with Crippen molar-refractivity contribution >= 4 is 51.5 Å². The highest BCUT2D eigenvalue weighted by Crippen LogP contribution is 2.35. The maximum absolute atomic E-state index is 13.6. The van der Waals surface area contributed by atoms with Crippen molar-refractivity contribution in [1.82, 2.24) is 9.88 Å². The Kier molecular flexibility index (Phi) is 7.42. The molecule has 9 heteroatoms. The first-order valence-electron chi connectivity index (χ1n) is 13.0. The maximum atomic E-state index is 13.6. The number of carboxylic acid groups (broad SMARTS) is 1. The molecule has 0 spiro atoms. The number of aliphatic imine (C=N–C) groups is 1. The van der Waals surface area contributed by atoms with Crippen molar-refractivity contribution in [2.24, 2.45) is 4.99 Å². The first kappa shape index (κ1) is 26.2. The number of carbonyl (C=O) groups excluding carboxylic acids is 1. The smallest absolute Gasteiger partial charge is 0.371 e. The van der Waals surface area contributed by atoms with Crippen LogP contribution < -0.4 is 4.74 Å². The molecule has 6 rings (SSSR count). The molecular weight excluding hydrogens is 538 g/mol. The fourth-order valence-corrected chi connectivity index (χ4v) is 5.53. The van der Waals surface area contributed by atoms with E-state index in [0.29, 0.717) is 34.5 Å². The molecule has 8 nitrogen and oxygen atoms in total. The van der Waals surface area contributed by atoms with E-state index >= 15 is 0 Å². The van der Waals surface area contributed by atoms with Crippen LogP contribution in [0.3, 0.4) is 0 Å². The quantitative estimate of drug-likeness (QED) is 0.189. The molecule has 0 bridgehead atoms. The molecule has 0 radical (unpaired) electrons. The van der Waals surface area contributed by atoms with Crippen LogP contribution in [0.2, 0.25) is 0 Å². The number of fused-ring (bicyclic) bond motifs is 1. The van der Waals surface area contributed by atoms with E-state index in [0.717, 1.165) is 27.7 Å². The Balaban J connectivity index is 1.18. The van der Waals surface area contributed by atoms with Gasteiger partial charge in [0.25, 0.3) is 5.91 Å². The number of hydrogen-bond acceptors (Lipinski definition) is 6. The molecule has 0 saturated carbocycles. The Morgan fingerprint density at radius 1 is 1.00 bits per heavy atom. The van der Waals surface area contributed by atoms with E-state index in [2.05, 4.69) is 11.1 Å². The van der Waals surface area contributed by atoms with Crippen molar-refractivity contribution in [2.45, 2.75) is 13.0 Å². The predicted molar refractivity (Wildman–Crippen MR) is 159 cm³/mol. The van der Waals surface area contributed by atoms with Gasteiger partial charge in [-0.05, 0) is 77.9 Å². The highest BCUT2D eigenvalue weighted by atomic mass is 32.2. The van der Waals surface area contributed by atoms with Crippen molar-refractivity contribution in [3.05, 3.63) is 125 Å². The van der Waals surface area contributed by atoms with Crippen LogP contribution in [0.1, 0.15) is 27.4 Å². The number of amidine groups is 1. The van der Waals surface area contributed by atoms with E-state index in [-0.39, 0.29) is 18.3 Å². The number of carbonyl (C=O) groups is 2. The number of carboxylic acids is 1. The van der Waals surface area contributed by atoms with Gasteiger partial charge in [0, 0.05) is 23.6 Å². The number of ether oxygens (including phenoxy) is 1. The molecule has 41 heavy (non-hydrogen) atoms. The molecule has 1 saturated heterocycles. The molecule has 1 fully saturated rings. The second kappa shape index (κ2) is 11.6. The van der Waals surface area contributed by atoms with Crippen molar-refractivity contribution in [2.75, 3.05) is 6.54 Å². The summed E-state index contributed by atoms with van der Waals surface area (Å²) in [6.07, 6.45) is 4.55. The molecule has 0 unspecified atom stereocenters. The van der Waals surface area contributed by atoms with Gasteiger partial charge in [-0.3, -0.25) is 9.69 Å². The second-order valence-electron chi connectivity index (χ2n) is 9.34. The van der Waals surface area contributed by atoms with E-state index in [4.69, 9.17) is 19.3 Å². The first-order valence-corrected chi connectivity index (χ1v) is 13.8. The summed E-state index contributed by atoms with van der Waals surface area (Å²) >= 11 is 1.36. The summed E-state index contributed by atoms with van der Waals surface area (Å²) in [6, 6.07) is 28.1. The largest absolute Gasteiger partial charge is 0.486 e. The van der Waals surface area contributed by atoms with E-state index in [1.54, 1.807) is 23.1 Å². The molecule has 1 amide bonds. The van der Waals surface area contributed by atoms with Gasteiger partial charge in [-0.2, -0.15) is 0 Å². The predicted octanol–water partition coefficient (Wildman–Crippen LogP) is 6.88. The molecule has 3 heterocycles. The summed E-state index contributed by atoms with van der Waals surface area (Å²) in [6.45, 7) is 0.604. The monoisotopic (exact) mass is 563 g/mol. The number of benzene rings is 3. The van der Waals surface area contributed by atoms with Gasteiger partial charge in [-0.1, -0.05) is 48.5 Å². The Morgan fingerprint density at radius 2 is 1.78 bits per heavy atom. The number of aromatic amines is 1. The average molecular weight is 564 g/mol. The average Bonchev–Trinajstić information content (AvgIpc) is 3.71. The third-order valence-electron chi connectivity index (χ3n) is 6.58. The van der Waals surface area contributed by atoms with Crippen LogP contribution in [0.4, 0.5) is 5.69 Å². The number of aromatic nitrogens is 1. The van der Waals surface area contributed by atoms with Gasteiger partial charge < -0.3 is 19.2 Å². The summed E-state index contributed by atoms with van der Waals surface area (Å²) in [5.74, 6) is -0.328. The minimum Gasteiger partial charge on any atom is -0.486 e. The van der Waals surface area contributed by atoms with E-state index in [1.165, 1.54) is 17.8 Å². The maximum Gasteiger partial charge on any atom is 0.371 e. The second-order valence-corrected chi connectivity index (χ2v) is 10.3. The minimum atomic E-state index is -1.12. The number of amides is 1. The normalized spacial score (nSPS) is 15.3. The highest BCUT2D eigenvalue weighted by molar-refractivity contribution is 8.18. The summed E-state index contributed by atoms with van der Waals surface area (Å²) in [5.41, 5.74) is 3.86. The number of hydrogen-bond donors (Lipinski definition) is 2. The Labute approximate surface area is 240 Å². The van der Waals surface area contributed by atoms with Gasteiger partial charge in [0.2, 0.25) is 5.76 Å². The van der Waals surface area contributed by atoms with Crippen LogP contribution in [0.5, 0.6) is 5.75 Å². The van der Waals surface area contributed by atoms with E-state index in [1.807, 2.05) is 72.9 Å². The third kappa shape index (κ3) is 5.95. The highest BCUT2D eigenvalue weighted by Gasteiger charge is 2.33. The molecule has 5 aromatic rings. The number of nitrogens with zero attached hydrogens (tertiary/aromatic N) is 2.